The van der Waals surface area contributed by atoms with Crippen LogP contribution in [-0.4, -0.2) is 35.6 Å². The van der Waals surface area contributed by atoms with Gasteiger partial charge in [-0.1, -0.05) is 0 Å². The summed E-state index contributed by atoms with van der Waals surface area (Å²) in [4.78, 5) is 0. The molecule has 3 fully saturated rings. The predicted octanol–water partition coefficient (Wildman–Crippen LogP) is 0.0660. The zero-order chi connectivity index (χ0) is 7.42. The highest BCUT2D eigenvalue weighted by Crippen LogP contribution is 2.41. The van der Waals surface area contributed by atoms with E-state index in [1.165, 1.54) is 0 Å². The molecule has 3 nitrogen and oxygen atoms in total. The van der Waals surface area contributed by atoms with Crippen LogP contribution < -0.4 is 0 Å². The summed E-state index contributed by atoms with van der Waals surface area (Å²) in [5.41, 5.74) is 0. The molecule has 0 aromatic rings. The van der Waals surface area contributed by atoms with Crippen molar-refractivity contribution in [1.82, 2.24) is 0 Å². The minimum Gasteiger partial charge on any atom is -0.390 e. The molecule has 3 saturated heterocycles. The summed E-state index contributed by atoms with van der Waals surface area (Å²) in [6.45, 7) is 0. The topological polar surface area (TPSA) is 38.7 Å². The standard InChI is InChI=1S/C8H12O3/c9-5-3-8-7-2-4(10-8)1-6(5)11-7/h4-9H,1-3H2/t4-,5+,6-,7+,8+/m0/s1. The first-order valence-corrected chi connectivity index (χ1v) is 4.32. The average molecular weight is 156 g/mol. The van der Waals surface area contributed by atoms with Crippen LogP contribution in [0, 0.1) is 0 Å². The molecule has 3 heterocycles. The van der Waals surface area contributed by atoms with E-state index in [0.717, 1.165) is 19.3 Å². The monoisotopic (exact) mass is 156 g/mol. The van der Waals surface area contributed by atoms with Gasteiger partial charge in [0.2, 0.25) is 0 Å². The number of hydrogen-bond donors (Lipinski definition) is 1. The lowest BCUT2D eigenvalue weighted by molar-refractivity contribution is -0.138. The number of fused-ring (bicyclic) bond motifs is 2. The fourth-order valence-electron chi connectivity index (χ4n) is 2.48. The Morgan fingerprint density at radius 2 is 1.64 bits per heavy atom. The average Bonchev–Trinajstić information content (AvgIpc) is 2.19. The summed E-state index contributed by atoms with van der Waals surface area (Å²) in [5.74, 6) is 0. The predicted molar refractivity (Wildman–Crippen MR) is 37.2 cm³/mol. The van der Waals surface area contributed by atoms with Gasteiger partial charge in [0.1, 0.15) is 0 Å². The Bertz CT molecular complexity index is 178. The Morgan fingerprint density at radius 1 is 0.909 bits per heavy atom. The fraction of sp³-hybridized carbons (Fsp3) is 1.00. The van der Waals surface area contributed by atoms with Gasteiger partial charge in [0.05, 0.1) is 30.5 Å². The van der Waals surface area contributed by atoms with Crippen molar-refractivity contribution in [3.8, 4) is 0 Å². The van der Waals surface area contributed by atoms with Gasteiger partial charge in [0.25, 0.3) is 0 Å². The van der Waals surface area contributed by atoms with Crippen molar-refractivity contribution in [2.24, 2.45) is 0 Å². The molecule has 0 spiro atoms. The number of hydrogen-bond acceptors (Lipinski definition) is 3. The summed E-state index contributed by atoms with van der Waals surface area (Å²) in [5, 5.41) is 9.51. The Hall–Kier alpha value is -0.120. The molecule has 0 amide bonds. The van der Waals surface area contributed by atoms with Crippen LogP contribution in [0.1, 0.15) is 19.3 Å². The number of aliphatic hydroxyl groups is 1. The zero-order valence-corrected chi connectivity index (χ0v) is 6.27. The van der Waals surface area contributed by atoms with Gasteiger partial charge in [-0.25, -0.2) is 0 Å². The first-order chi connectivity index (χ1) is 5.33. The van der Waals surface area contributed by atoms with E-state index in [2.05, 4.69) is 0 Å². The number of aliphatic hydroxyl groups excluding tert-OH is 1. The first kappa shape index (κ1) is 6.40. The van der Waals surface area contributed by atoms with E-state index in [0.29, 0.717) is 12.2 Å². The molecule has 3 bridgehead atoms. The van der Waals surface area contributed by atoms with E-state index in [1.807, 2.05) is 0 Å². The SMILES string of the molecule is O[C@@H]1C[C@H]2O[C@H]3C[C@@H]1O[C@@H]2C3. The van der Waals surface area contributed by atoms with Gasteiger partial charge < -0.3 is 14.6 Å². The number of rotatable bonds is 0. The Kier molecular flexibility index (Phi) is 1.15. The van der Waals surface area contributed by atoms with Crippen molar-refractivity contribution >= 4 is 0 Å². The van der Waals surface area contributed by atoms with E-state index < -0.39 is 0 Å². The maximum Gasteiger partial charge on any atom is 0.0867 e. The van der Waals surface area contributed by atoms with Gasteiger partial charge in [-0.05, 0) is 0 Å². The summed E-state index contributed by atoms with van der Waals surface area (Å²) in [6.07, 6.45) is 3.38. The van der Waals surface area contributed by atoms with Gasteiger partial charge in [-0.2, -0.15) is 0 Å². The highest BCUT2D eigenvalue weighted by molar-refractivity contribution is 4.98. The fourth-order valence-corrected chi connectivity index (χ4v) is 2.48. The molecular formula is C8H12O3. The Balaban J connectivity index is 1.93. The van der Waals surface area contributed by atoms with Crippen molar-refractivity contribution in [2.75, 3.05) is 0 Å². The van der Waals surface area contributed by atoms with Crippen molar-refractivity contribution in [2.45, 2.75) is 49.8 Å². The lowest BCUT2D eigenvalue weighted by Gasteiger charge is -2.35. The molecule has 3 aliphatic rings. The first-order valence-electron chi connectivity index (χ1n) is 4.32. The van der Waals surface area contributed by atoms with Crippen LogP contribution in [0.5, 0.6) is 0 Å². The third kappa shape index (κ3) is 0.789. The molecule has 5 atom stereocenters. The second-order valence-electron chi connectivity index (χ2n) is 3.78. The van der Waals surface area contributed by atoms with Crippen LogP contribution in [-0.2, 0) is 9.47 Å². The molecule has 0 aliphatic carbocycles. The molecule has 62 valence electrons. The summed E-state index contributed by atoms with van der Waals surface area (Å²) in [7, 11) is 0. The number of ether oxygens (including phenoxy) is 2. The van der Waals surface area contributed by atoms with Crippen molar-refractivity contribution < 1.29 is 14.6 Å². The minimum absolute atomic E-state index is 0.0671. The van der Waals surface area contributed by atoms with Crippen LogP contribution in [0.3, 0.4) is 0 Å². The Labute approximate surface area is 65.3 Å². The minimum atomic E-state index is -0.276. The summed E-state index contributed by atoms with van der Waals surface area (Å²) < 4.78 is 11.3. The van der Waals surface area contributed by atoms with Crippen molar-refractivity contribution in [3.63, 3.8) is 0 Å². The van der Waals surface area contributed by atoms with Crippen molar-refractivity contribution in [3.05, 3.63) is 0 Å². The van der Waals surface area contributed by atoms with Gasteiger partial charge in [-0.3, -0.25) is 0 Å². The highest BCUT2D eigenvalue weighted by atomic mass is 16.6. The maximum absolute atomic E-state index is 9.51. The molecule has 3 heteroatoms. The molecule has 0 aromatic carbocycles. The van der Waals surface area contributed by atoms with E-state index in [4.69, 9.17) is 9.47 Å². The van der Waals surface area contributed by atoms with E-state index >= 15 is 0 Å². The van der Waals surface area contributed by atoms with Gasteiger partial charge in [0.15, 0.2) is 0 Å². The highest BCUT2D eigenvalue weighted by Gasteiger charge is 2.49. The molecule has 0 saturated carbocycles. The molecule has 3 aliphatic heterocycles. The largest absolute Gasteiger partial charge is 0.390 e. The molecular weight excluding hydrogens is 144 g/mol. The summed E-state index contributed by atoms with van der Waals surface area (Å²) in [6, 6.07) is 0. The normalized spacial score (nSPS) is 60.3. The molecule has 3 rings (SSSR count). The molecule has 1 N–H and O–H groups in total. The molecule has 0 aromatic heterocycles. The van der Waals surface area contributed by atoms with Crippen LogP contribution >= 0.6 is 0 Å². The van der Waals surface area contributed by atoms with Crippen molar-refractivity contribution in [1.29, 1.82) is 0 Å². The van der Waals surface area contributed by atoms with Crippen LogP contribution in [0.2, 0.25) is 0 Å². The van der Waals surface area contributed by atoms with Gasteiger partial charge >= 0.3 is 0 Å². The third-order valence-electron chi connectivity index (χ3n) is 3.02. The van der Waals surface area contributed by atoms with Gasteiger partial charge in [0, 0.05) is 19.3 Å². The molecule has 0 unspecified atom stereocenters. The smallest absolute Gasteiger partial charge is 0.0867 e. The van der Waals surface area contributed by atoms with Crippen LogP contribution in [0.15, 0.2) is 0 Å². The summed E-state index contributed by atoms with van der Waals surface area (Å²) >= 11 is 0. The van der Waals surface area contributed by atoms with Gasteiger partial charge in [-0.15, -0.1) is 0 Å². The molecule has 0 radical (unpaired) electrons. The zero-order valence-electron chi connectivity index (χ0n) is 6.27. The quantitative estimate of drug-likeness (QED) is 0.539. The van der Waals surface area contributed by atoms with E-state index in [9.17, 15) is 5.11 Å². The maximum atomic E-state index is 9.51. The molecule has 11 heavy (non-hydrogen) atoms. The van der Waals surface area contributed by atoms with Crippen LogP contribution in [0.25, 0.3) is 0 Å². The second-order valence-corrected chi connectivity index (χ2v) is 3.78. The lowest BCUT2D eigenvalue weighted by Crippen LogP contribution is -2.46. The Morgan fingerprint density at radius 3 is 2.55 bits per heavy atom. The third-order valence-corrected chi connectivity index (χ3v) is 3.02. The second kappa shape index (κ2) is 1.97. The lowest BCUT2D eigenvalue weighted by atomic mass is 9.90. The van der Waals surface area contributed by atoms with Crippen LogP contribution in [0.4, 0.5) is 0 Å². The van der Waals surface area contributed by atoms with E-state index in [-0.39, 0.29) is 18.3 Å². The van der Waals surface area contributed by atoms with E-state index in [1.54, 1.807) is 0 Å².